The SMILES string of the molecule is COc1c2ooc2c2c(=O)oc3c4c(c(=O)oc1c42)=CC12CC31OOO2. The van der Waals surface area contributed by atoms with Gasteiger partial charge in [0, 0.05) is 11.8 Å². The zero-order chi connectivity index (χ0) is 17.4. The van der Waals surface area contributed by atoms with Crippen molar-refractivity contribution in [1.29, 1.82) is 0 Å². The Bertz CT molecular complexity index is 1480. The van der Waals surface area contributed by atoms with Crippen LogP contribution in [0.25, 0.3) is 39.0 Å². The van der Waals surface area contributed by atoms with Gasteiger partial charge in [-0.3, -0.25) is 9.15 Å². The normalized spacial score (nSPS) is 28.5. The van der Waals surface area contributed by atoms with E-state index in [0.29, 0.717) is 17.2 Å². The number of hydrogen-bond acceptors (Lipinski definition) is 10. The average molecular weight is 358 g/mol. The highest BCUT2D eigenvalue weighted by molar-refractivity contribution is 6.20. The molecule has 1 aromatic carbocycles. The van der Waals surface area contributed by atoms with Crippen molar-refractivity contribution in [3.05, 3.63) is 31.8 Å². The molecule has 2 fully saturated rings. The van der Waals surface area contributed by atoms with E-state index in [1.54, 1.807) is 6.08 Å². The van der Waals surface area contributed by atoms with Gasteiger partial charge in [-0.2, -0.15) is 9.78 Å². The number of methoxy groups -OCH3 is 1. The summed E-state index contributed by atoms with van der Waals surface area (Å²) >= 11 is 0. The highest BCUT2D eigenvalue weighted by Crippen LogP contribution is 2.67. The molecule has 4 heterocycles. The highest BCUT2D eigenvalue weighted by atomic mass is 17.5. The second-order valence-electron chi connectivity index (χ2n) is 6.61. The van der Waals surface area contributed by atoms with Crippen molar-refractivity contribution in [2.75, 3.05) is 7.11 Å². The van der Waals surface area contributed by atoms with Crippen LogP contribution in [-0.2, 0) is 20.4 Å². The summed E-state index contributed by atoms with van der Waals surface area (Å²) in [6.07, 6.45) is 1.92. The van der Waals surface area contributed by atoms with Gasteiger partial charge in [0.2, 0.25) is 16.9 Å². The summed E-state index contributed by atoms with van der Waals surface area (Å²) in [6, 6.07) is 0. The molecule has 0 radical (unpaired) electrons. The smallest absolute Gasteiger partial charge is 0.348 e. The van der Waals surface area contributed by atoms with E-state index in [1.165, 1.54) is 7.11 Å². The van der Waals surface area contributed by atoms with Crippen molar-refractivity contribution >= 4 is 39.0 Å². The first-order valence-corrected chi connectivity index (χ1v) is 7.69. The van der Waals surface area contributed by atoms with E-state index >= 15 is 0 Å². The molecule has 0 bridgehead atoms. The van der Waals surface area contributed by atoms with Crippen LogP contribution in [0.1, 0.15) is 12.2 Å². The van der Waals surface area contributed by atoms with Crippen molar-refractivity contribution < 1.29 is 37.5 Å². The van der Waals surface area contributed by atoms with Crippen LogP contribution < -0.4 is 21.2 Å². The molecule has 0 N–H and O–H groups in total. The van der Waals surface area contributed by atoms with Gasteiger partial charge in [-0.1, -0.05) is 5.04 Å². The van der Waals surface area contributed by atoms with Gasteiger partial charge in [0.05, 0.1) is 17.7 Å². The minimum absolute atomic E-state index is 0.0697. The van der Waals surface area contributed by atoms with E-state index < -0.39 is 22.5 Å². The molecule has 130 valence electrons. The summed E-state index contributed by atoms with van der Waals surface area (Å²) in [4.78, 5) is 35.8. The highest BCUT2D eigenvalue weighted by Gasteiger charge is 2.80. The maximum atomic E-state index is 12.7. The number of hydrogen-bond donors (Lipinski definition) is 0. The molecule has 10 heteroatoms. The Hall–Kier alpha value is -3.08. The van der Waals surface area contributed by atoms with Gasteiger partial charge >= 0.3 is 11.3 Å². The Morgan fingerprint density at radius 3 is 2.58 bits per heavy atom. The van der Waals surface area contributed by atoms with Crippen molar-refractivity contribution in [2.24, 2.45) is 0 Å². The van der Waals surface area contributed by atoms with Crippen LogP contribution in [0.5, 0.6) is 5.75 Å². The number of ether oxygens (including phenoxy) is 1. The zero-order valence-corrected chi connectivity index (χ0v) is 12.9. The Labute approximate surface area is 139 Å². The first-order chi connectivity index (χ1) is 12.6. The second kappa shape index (κ2) is 3.56. The van der Waals surface area contributed by atoms with Crippen LogP contribution in [-0.4, -0.2) is 12.7 Å². The van der Waals surface area contributed by atoms with Crippen LogP contribution in [0.15, 0.2) is 27.6 Å². The average Bonchev–Trinajstić information content (AvgIpc) is 3.11. The molecular weight excluding hydrogens is 352 g/mol. The Morgan fingerprint density at radius 1 is 0.962 bits per heavy atom. The molecule has 4 aromatic rings. The molecule has 1 aliphatic heterocycles. The molecule has 0 spiro atoms. The van der Waals surface area contributed by atoms with E-state index in [9.17, 15) is 9.59 Å². The lowest BCUT2D eigenvalue weighted by molar-refractivity contribution is -0.493. The summed E-state index contributed by atoms with van der Waals surface area (Å²) in [6.45, 7) is 0. The largest absolute Gasteiger partial charge is 0.489 e. The van der Waals surface area contributed by atoms with Crippen LogP contribution >= 0.6 is 0 Å². The number of benzene rings is 1. The third-order valence-electron chi connectivity index (χ3n) is 5.47. The molecule has 3 aromatic heterocycles. The van der Waals surface area contributed by atoms with Crippen LogP contribution in [0.2, 0.25) is 0 Å². The third-order valence-corrected chi connectivity index (χ3v) is 5.47. The summed E-state index contributed by atoms with van der Waals surface area (Å²) < 4.78 is 26.2. The zero-order valence-electron chi connectivity index (χ0n) is 12.9. The van der Waals surface area contributed by atoms with Gasteiger partial charge in [0.25, 0.3) is 5.58 Å². The fourth-order valence-corrected chi connectivity index (χ4v) is 4.20. The maximum Gasteiger partial charge on any atom is 0.348 e. The Morgan fingerprint density at radius 2 is 1.81 bits per heavy atom. The number of rotatable bonds is 1. The van der Waals surface area contributed by atoms with E-state index in [-0.39, 0.29) is 38.9 Å². The number of fused-ring (bicyclic) bond motifs is 2. The lowest BCUT2D eigenvalue weighted by Crippen LogP contribution is -2.36. The van der Waals surface area contributed by atoms with Crippen LogP contribution in [0.3, 0.4) is 0 Å². The van der Waals surface area contributed by atoms with Gasteiger partial charge in [0.15, 0.2) is 16.9 Å². The molecule has 3 aliphatic rings. The van der Waals surface area contributed by atoms with Crippen LogP contribution in [0.4, 0.5) is 0 Å². The van der Waals surface area contributed by atoms with Gasteiger partial charge in [-0.05, 0) is 6.08 Å². The van der Waals surface area contributed by atoms with E-state index in [0.717, 1.165) is 0 Å². The maximum absolute atomic E-state index is 12.7. The molecule has 2 atom stereocenters. The van der Waals surface area contributed by atoms with E-state index in [1.807, 2.05) is 0 Å². The third kappa shape index (κ3) is 1.07. The molecule has 2 unspecified atom stereocenters. The standard InChI is InChI=1S/C16H6O10/c1-19-10-8-6-5-4(13(17)20-8)2-15-3-16(15,25-26-24-15)12(5)21-14(18)7(6)9-11(10)23-22-9/h2H,3H2,1H3. The lowest BCUT2D eigenvalue weighted by atomic mass is 9.95. The predicted octanol–water partition coefficient (Wildman–Crippen LogP) is 0.991. The van der Waals surface area contributed by atoms with Crippen molar-refractivity contribution in [1.82, 2.24) is 0 Å². The molecule has 7 rings (SSSR count). The second-order valence-corrected chi connectivity index (χ2v) is 6.61. The quantitative estimate of drug-likeness (QED) is 0.359. The minimum Gasteiger partial charge on any atom is -0.489 e. The molecular formula is C16H6O10. The monoisotopic (exact) mass is 358 g/mol. The lowest BCUT2D eigenvalue weighted by Gasteiger charge is -2.18. The van der Waals surface area contributed by atoms with Crippen molar-refractivity contribution in [3.63, 3.8) is 0 Å². The fourth-order valence-electron chi connectivity index (χ4n) is 4.20. The van der Waals surface area contributed by atoms with Gasteiger partial charge < -0.3 is 13.6 Å². The summed E-state index contributed by atoms with van der Waals surface area (Å²) in [5.74, 6) is 0.314. The van der Waals surface area contributed by atoms with Gasteiger partial charge in [-0.25, -0.2) is 9.59 Å². The molecule has 2 aliphatic carbocycles. The topological polar surface area (TPSA) is 124 Å². The molecule has 1 saturated heterocycles. The van der Waals surface area contributed by atoms with Crippen molar-refractivity contribution in [3.8, 4) is 5.75 Å². The predicted molar refractivity (Wildman–Crippen MR) is 79.1 cm³/mol. The summed E-state index contributed by atoms with van der Waals surface area (Å²) in [7, 11) is 1.39. The Balaban J connectivity index is 1.87. The Kier molecular flexibility index (Phi) is 1.80. The summed E-state index contributed by atoms with van der Waals surface area (Å²) in [5.41, 5.74) is -3.05. The summed E-state index contributed by atoms with van der Waals surface area (Å²) in [5, 5.41) is 5.68. The van der Waals surface area contributed by atoms with Crippen LogP contribution in [0, 0.1) is 0 Å². The van der Waals surface area contributed by atoms with E-state index in [2.05, 4.69) is 5.04 Å². The van der Waals surface area contributed by atoms with Gasteiger partial charge in [-0.15, -0.1) is 0 Å². The van der Waals surface area contributed by atoms with Gasteiger partial charge in [0.1, 0.15) is 5.39 Å². The first kappa shape index (κ1) is 13.2. The molecule has 26 heavy (non-hydrogen) atoms. The molecule has 0 amide bonds. The molecule has 10 nitrogen and oxygen atoms in total. The minimum atomic E-state index is -1.11. The first-order valence-electron chi connectivity index (χ1n) is 7.69. The molecule has 1 saturated carbocycles. The fraction of sp³-hybridized carbons (Fsp3) is 0.250. The van der Waals surface area contributed by atoms with Crippen molar-refractivity contribution in [2.45, 2.75) is 17.6 Å². The van der Waals surface area contributed by atoms with E-state index in [4.69, 9.17) is 32.5 Å².